The molecule has 0 spiro atoms. The minimum atomic E-state index is 0.430. The van der Waals surface area contributed by atoms with Crippen molar-refractivity contribution < 1.29 is 0 Å². The molecule has 2 nitrogen and oxygen atoms in total. The summed E-state index contributed by atoms with van der Waals surface area (Å²) < 4.78 is 0. The maximum atomic E-state index is 3.87. The molecule has 1 saturated carbocycles. The number of nitrogens with one attached hydrogen (secondary N) is 1. The summed E-state index contributed by atoms with van der Waals surface area (Å²) >= 11 is 0. The predicted molar refractivity (Wildman–Crippen MR) is 83.5 cm³/mol. The molecule has 2 fully saturated rings. The molecule has 0 aromatic rings. The van der Waals surface area contributed by atoms with Crippen LogP contribution in [0, 0.1) is 5.92 Å². The van der Waals surface area contributed by atoms with Gasteiger partial charge in [-0.05, 0) is 31.6 Å². The fraction of sp³-hybridized carbons (Fsp3) is 1.00. The molecular weight excluding hydrogens is 232 g/mol. The summed E-state index contributed by atoms with van der Waals surface area (Å²) in [5.74, 6) is 0.801. The Labute approximate surface area is 120 Å². The molecule has 1 aliphatic heterocycles. The molecule has 0 radical (unpaired) electrons. The van der Waals surface area contributed by atoms with Crippen molar-refractivity contribution in [1.82, 2.24) is 10.2 Å². The van der Waals surface area contributed by atoms with Crippen LogP contribution in [0.1, 0.15) is 72.6 Å². The van der Waals surface area contributed by atoms with Gasteiger partial charge in [0.1, 0.15) is 0 Å². The molecule has 2 atom stereocenters. The molecule has 1 N–H and O–H groups in total. The number of nitrogens with zero attached hydrogens (tertiary/aromatic N) is 1. The Hall–Kier alpha value is -0.0800. The van der Waals surface area contributed by atoms with Crippen LogP contribution in [0.5, 0.6) is 0 Å². The first kappa shape index (κ1) is 15.3. The Morgan fingerprint density at radius 2 is 1.79 bits per heavy atom. The van der Waals surface area contributed by atoms with Crippen LogP contribution in [0.15, 0.2) is 0 Å². The van der Waals surface area contributed by atoms with Gasteiger partial charge in [-0.1, -0.05) is 47.0 Å². The van der Waals surface area contributed by atoms with E-state index < -0.39 is 0 Å². The average molecular weight is 266 g/mol. The predicted octanol–water partition coefficient (Wildman–Crippen LogP) is 3.81. The van der Waals surface area contributed by atoms with Crippen molar-refractivity contribution in [2.24, 2.45) is 5.92 Å². The van der Waals surface area contributed by atoms with Crippen LogP contribution in [0.25, 0.3) is 0 Å². The lowest BCUT2D eigenvalue weighted by Gasteiger charge is -2.53. The Morgan fingerprint density at radius 3 is 2.32 bits per heavy atom. The first-order chi connectivity index (χ1) is 9.16. The number of hydrogen-bond acceptors (Lipinski definition) is 2. The summed E-state index contributed by atoms with van der Waals surface area (Å²) in [6.07, 6.45) is 9.66. The molecule has 1 aliphatic carbocycles. The van der Waals surface area contributed by atoms with Gasteiger partial charge in [-0.2, -0.15) is 0 Å². The zero-order valence-corrected chi connectivity index (χ0v) is 13.5. The summed E-state index contributed by atoms with van der Waals surface area (Å²) in [6.45, 7) is 12.0. The lowest BCUT2D eigenvalue weighted by molar-refractivity contribution is -0.0120. The normalized spacial score (nSPS) is 30.6. The van der Waals surface area contributed by atoms with E-state index in [-0.39, 0.29) is 0 Å². The standard InChI is InChI=1S/C17H34N2/c1-5-14(4)16-12-19(15-10-8-9-11-15)17(6-2,7-3)13-18-16/h14-16,18H,5-13H2,1-4H3. The smallest absolute Gasteiger partial charge is 0.0332 e. The molecule has 0 amide bonds. The molecule has 2 unspecified atom stereocenters. The van der Waals surface area contributed by atoms with Crippen LogP contribution >= 0.6 is 0 Å². The minimum Gasteiger partial charge on any atom is -0.311 e. The lowest BCUT2D eigenvalue weighted by atomic mass is 9.83. The van der Waals surface area contributed by atoms with Gasteiger partial charge in [0.15, 0.2) is 0 Å². The second-order valence-electron chi connectivity index (χ2n) is 6.90. The van der Waals surface area contributed by atoms with Crippen molar-refractivity contribution in [3.05, 3.63) is 0 Å². The number of hydrogen-bond donors (Lipinski definition) is 1. The number of piperazine rings is 1. The van der Waals surface area contributed by atoms with Crippen molar-refractivity contribution in [2.45, 2.75) is 90.3 Å². The average Bonchev–Trinajstić information content (AvgIpc) is 2.99. The maximum absolute atomic E-state index is 3.87. The molecular formula is C17H34N2. The summed E-state index contributed by atoms with van der Waals surface area (Å²) in [5.41, 5.74) is 0.430. The molecule has 1 heterocycles. The Balaban J connectivity index is 2.13. The number of rotatable bonds is 5. The van der Waals surface area contributed by atoms with Crippen LogP contribution in [0.4, 0.5) is 0 Å². The van der Waals surface area contributed by atoms with Gasteiger partial charge in [-0.25, -0.2) is 0 Å². The topological polar surface area (TPSA) is 15.3 Å². The summed E-state index contributed by atoms with van der Waals surface area (Å²) in [7, 11) is 0. The third-order valence-corrected chi connectivity index (χ3v) is 6.11. The van der Waals surface area contributed by atoms with Gasteiger partial charge in [0, 0.05) is 30.7 Å². The molecule has 0 aromatic heterocycles. The first-order valence-electron chi connectivity index (χ1n) is 8.67. The molecule has 2 rings (SSSR count). The quantitative estimate of drug-likeness (QED) is 0.814. The fourth-order valence-corrected chi connectivity index (χ4v) is 4.22. The van der Waals surface area contributed by atoms with Crippen molar-refractivity contribution in [2.75, 3.05) is 13.1 Å². The van der Waals surface area contributed by atoms with E-state index in [1.54, 1.807) is 0 Å². The third kappa shape index (κ3) is 3.00. The van der Waals surface area contributed by atoms with Gasteiger partial charge in [-0.15, -0.1) is 0 Å². The van der Waals surface area contributed by atoms with Gasteiger partial charge in [0.2, 0.25) is 0 Å². The van der Waals surface area contributed by atoms with E-state index >= 15 is 0 Å². The lowest BCUT2D eigenvalue weighted by Crippen LogP contribution is -2.67. The maximum Gasteiger partial charge on any atom is 0.0332 e. The highest BCUT2D eigenvalue weighted by atomic mass is 15.3. The van der Waals surface area contributed by atoms with Gasteiger partial charge in [0.25, 0.3) is 0 Å². The SMILES string of the molecule is CCC(C)C1CN(C2CCCC2)C(CC)(CC)CN1. The Kier molecular flexibility index (Phi) is 5.30. The summed E-state index contributed by atoms with van der Waals surface area (Å²) in [5, 5.41) is 3.87. The largest absolute Gasteiger partial charge is 0.311 e. The zero-order valence-electron chi connectivity index (χ0n) is 13.5. The van der Waals surface area contributed by atoms with Crippen molar-refractivity contribution in [3.63, 3.8) is 0 Å². The van der Waals surface area contributed by atoms with Crippen molar-refractivity contribution in [1.29, 1.82) is 0 Å². The molecule has 0 bridgehead atoms. The second kappa shape index (κ2) is 6.58. The third-order valence-electron chi connectivity index (χ3n) is 6.11. The van der Waals surface area contributed by atoms with Crippen molar-refractivity contribution in [3.8, 4) is 0 Å². The molecule has 0 aromatic carbocycles. The van der Waals surface area contributed by atoms with E-state index in [0.717, 1.165) is 12.0 Å². The van der Waals surface area contributed by atoms with E-state index in [0.29, 0.717) is 11.6 Å². The summed E-state index contributed by atoms with van der Waals surface area (Å²) in [4.78, 5) is 2.92. The van der Waals surface area contributed by atoms with E-state index in [2.05, 4.69) is 37.9 Å². The first-order valence-corrected chi connectivity index (χ1v) is 8.67. The molecule has 2 aliphatic rings. The zero-order chi connectivity index (χ0) is 13.9. The van der Waals surface area contributed by atoms with E-state index in [1.165, 1.54) is 58.0 Å². The summed E-state index contributed by atoms with van der Waals surface area (Å²) in [6, 6.07) is 1.57. The van der Waals surface area contributed by atoms with E-state index in [9.17, 15) is 0 Å². The molecule has 112 valence electrons. The van der Waals surface area contributed by atoms with Gasteiger partial charge < -0.3 is 5.32 Å². The molecule has 1 saturated heterocycles. The van der Waals surface area contributed by atoms with Gasteiger partial charge >= 0.3 is 0 Å². The monoisotopic (exact) mass is 266 g/mol. The van der Waals surface area contributed by atoms with E-state index in [1.807, 2.05) is 0 Å². The highest BCUT2D eigenvalue weighted by Gasteiger charge is 2.43. The van der Waals surface area contributed by atoms with Crippen molar-refractivity contribution >= 4 is 0 Å². The minimum absolute atomic E-state index is 0.430. The van der Waals surface area contributed by atoms with Gasteiger partial charge in [-0.3, -0.25) is 4.90 Å². The van der Waals surface area contributed by atoms with Crippen LogP contribution in [-0.2, 0) is 0 Å². The van der Waals surface area contributed by atoms with Gasteiger partial charge in [0.05, 0.1) is 0 Å². The molecule has 19 heavy (non-hydrogen) atoms. The Morgan fingerprint density at radius 1 is 1.16 bits per heavy atom. The van der Waals surface area contributed by atoms with Crippen LogP contribution < -0.4 is 5.32 Å². The second-order valence-corrected chi connectivity index (χ2v) is 6.90. The fourth-order valence-electron chi connectivity index (χ4n) is 4.22. The van der Waals surface area contributed by atoms with Crippen LogP contribution in [0.3, 0.4) is 0 Å². The van der Waals surface area contributed by atoms with Crippen LogP contribution in [0.2, 0.25) is 0 Å². The van der Waals surface area contributed by atoms with Crippen LogP contribution in [-0.4, -0.2) is 35.6 Å². The highest BCUT2D eigenvalue weighted by Crippen LogP contribution is 2.36. The molecule has 2 heteroatoms. The van der Waals surface area contributed by atoms with E-state index in [4.69, 9.17) is 0 Å². The Bertz CT molecular complexity index is 266. The highest BCUT2D eigenvalue weighted by molar-refractivity contribution is 5.01.